The molecule has 0 amide bonds. The maximum atomic E-state index is 14.1. The number of rotatable bonds is 8. The fraction of sp³-hybridized carbons (Fsp3) is 0.323. The molecule has 0 saturated heterocycles. The Hall–Kier alpha value is -3.88. The van der Waals surface area contributed by atoms with Gasteiger partial charge in [0.15, 0.2) is 11.5 Å². The molecule has 2 aromatic carbocycles. The van der Waals surface area contributed by atoms with E-state index in [1.54, 1.807) is 12.3 Å². The van der Waals surface area contributed by atoms with Gasteiger partial charge in [-0.15, -0.1) is 0 Å². The Morgan fingerprint density at radius 3 is 2.48 bits per heavy atom. The van der Waals surface area contributed by atoms with Crippen molar-refractivity contribution < 1.29 is 26.7 Å². The van der Waals surface area contributed by atoms with E-state index in [2.05, 4.69) is 10.1 Å². The first-order chi connectivity index (χ1) is 19.1. The molecule has 1 aliphatic rings. The van der Waals surface area contributed by atoms with Crippen molar-refractivity contribution in [1.29, 1.82) is 0 Å². The Morgan fingerprint density at radius 1 is 1.00 bits per heavy atom. The highest BCUT2D eigenvalue weighted by atomic mass is 19.4. The molecule has 9 heteroatoms. The number of carbonyl (C=O) groups excluding carboxylic acids is 1. The standard InChI is InChI=1S/C31H28F5N3O/c1-19-6-4-7-21(12-19)26-9-5-11-37-29(26)22(13-20-14-23(32)17-24(33)15-20)16-25(40)18-39-28-10-3-2-8-27(28)30(38-39)31(34,35)36/h4-7,9,11-12,14-15,17,22H,2-3,8,10,13,16,18H2,1H3/t22-/m1/s1. The summed E-state index contributed by atoms with van der Waals surface area (Å²) in [6, 6.07) is 14.6. The predicted octanol–water partition coefficient (Wildman–Crippen LogP) is 7.42. The summed E-state index contributed by atoms with van der Waals surface area (Å²) < 4.78 is 70.3. The second kappa shape index (κ2) is 11.3. The molecule has 1 aliphatic carbocycles. The van der Waals surface area contributed by atoms with Crippen molar-refractivity contribution in [3.8, 4) is 11.1 Å². The van der Waals surface area contributed by atoms with Crippen LogP contribution in [0.3, 0.4) is 0 Å². The largest absolute Gasteiger partial charge is 0.435 e. The molecule has 0 radical (unpaired) electrons. The molecule has 40 heavy (non-hydrogen) atoms. The number of hydrogen-bond donors (Lipinski definition) is 0. The van der Waals surface area contributed by atoms with Gasteiger partial charge < -0.3 is 0 Å². The van der Waals surface area contributed by atoms with Crippen LogP contribution < -0.4 is 0 Å². The van der Waals surface area contributed by atoms with Crippen molar-refractivity contribution >= 4 is 5.78 Å². The van der Waals surface area contributed by atoms with E-state index in [1.807, 2.05) is 37.3 Å². The van der Waals surface area contributed by atoms with Gasteiger partial charge in [0.05, 0.1) is 12.2 Å². The fourth-order valence-corrected chi connectivity index (χ4v) is 5.61. The second-order valence-corrected chi connectivity index (χ2v) is 10.4. The molecule has 4 nitrogen and oxygen atoms in total. The van der Waals surface area contributed by atoms with E-state index in [0.29, 0.717) is 29.8 Å². The monoisotopic (exact) mass is 553 g/mol. The number of ketones is 1. The Balaban J connectivity index is 1.50. The lowest BCUT2D eigenvalue weighted by Gasteiger charge is -2.20. The first-order valence-corrected chi connectivity index (χ1v) is 13.2. The number of aryl methyl sites for hydroxylation is 1. The summed E-state index contributed by atoms with van der Waals surface area (Å²) in [6.45, 7) is 1.63. The summed E-state index contributed by atoms with van der Waals surface area (Å²) >= 11 is 0. The zero-order valence-corrected chi connectivity index (χ0v) is 21.9. The third kappa shape index (κ3) is 6.13. The Labute approximate surface area is 228 Å². The molecule has 5 rings (SSSR count). The number of pyridine rings is 1. The summed E-state index contributed by atoms with van der Waals surface area (Å²) in [4.78, 5) is 18.0. The van der Waals surface area contributed by atoms with Gasteiger partial charge >= 0.3 is 6.18 Å². The molecule has 0 fully saturated rings. The molecule has 1 atom stereocenters. The highest BCUT2D eigenvalue weighted by Gasteiger charge is 2.39. The van der Waals surface area contributed by atoms with Gasteiger partial charge in [0, 0.05) is 41.4 Å². The van der Waals surface area contributed by atoms with E-state index in [-0.39, 0.29) is 37.2 Å². The summed E-state index contributed by atoms with van der Waals surface area (Å²) in [5.41, 5.74) is 3.30. The molecule has 0 aliphatic heterocycles. The van der Waals surface area contributed by atoms with Crippen LogP contribution in [0, 0.1) is 18.6 Å². The van der Waals surface area contributed by atoms with E-state index in [1.165, 1.54) is 16.8 Å². The smallest absolute Gasteiger partial charge is 0.298 e. The molecule has 0 N–H and O–H groups in total. The van der Waals surface area contributed by atoms with Gasteiger partial charge in [0.25, 0.3) is 0 Å². The number of halogens is 5. The van der Waals surface area contributed by atoms with Gasteiger partial charge in [-0.25, -0.2) is 8.78 Å². The molecule has 0 bridgehead atoms. The van der Waals surface area contributed by atoms with E-state index >= 15 is 0 Å². The quantitative estimate of drug-likeness (QED) is 0.214. The molecule has 0 unspecified atom stereocenters. The number of alkyl halides is 3. The highest BCUT2D eigenvalue weighted by Crippen LogP contribution is 2.37. The van der Waals surface area contributed by atoms with Gasteiger partial charge in [-0.2, -0.15) is 18.3 Å². The van der Waals surface area contributed by atoms with Crippen LogP contribution in [0.25, 0.3) is 11.1 Å². The van der Waals surface area contributed by atoms with Crippen LogP contribution in [0.1, 0.15) is 59.0 Å². The van der Waals surface area contributed by atoms with Crippen LogP contribution in [0.5, 0.6) is 0 Å². The Bertz CT molecular complexity index is 1520. The predicted molar refractivity (Wildman–Crippen MR) is 141 cm³/mol. The third-order valence-electron chi connectivity index (χ3n) is 7.28. The van der Waals surface area contributed by atoms with Gasteiger partial charge in [0.1, 0.15) is 11.6 Å². The van der Waals surface area contributed by atoms with Gasteiger partial charge in [0.2, 0.25) is 0 Å². The fourth-order valence-electron chi connectivity index (χ4n) is 5.61. The first-order valence-electron chi connectivity index (χ1n) is 13.2. The average molecular weight is 554 g/mol. The highest BCUT2D eigenvalue weighted by molar-refractivity contribution is 5.80. The summed E-state index contributed by atoms with van der Waals surface area (Å²) in [7, 11) is 0. The molecular formula is C31H28F5N3O. The van der Waals surface area contributed by atoms with E-state index in [9.17, 15) is 26.7 Å². The minimum atomic E-state index is -4.60. The van der Waals surface area contributed by atoms with Crippen molar-refractivity contribution in [2.45, 2.75) is 64.1 Å². The number of Topliss-reactive ketones (excluding diaryl/α,β-unsaturated/α-hetero) is 1. The summed E-state index contributed by atoms with van der Waals surface area (Å²) in [5.74, 6) is -2.39. The maximum Gasteiger partial charge on any atom is 0.435 e. The van der Waals surface area contributed by atoms with Crippen molar-refractivity contribution in [3.05, 3.63) is 106 Å². The van der Waals surface area contributed by atoms with Crippen LogP contribution in [-0.2, 0) is 36.8 Å². The van der Waals surface area contributed by atoms with Crippen LogP contribution in [0.15, 0.2) is 60.8 Å². The number of fused-ring (bicyclic) bond motifs is 1. The van der Waals surface area contributed by atoms with Crippen LogP contribution in [-0.4, -0.2) is 20.5 Å². The Morgan fingerprint density at radius 2 is 1.75 bits per heavy atom. The summed E-state index contributed by atoms with van der Waals surface area (Å²) in [5, 5.41) is 3.82. The number of carbonyl (C=O) groups is 1. The normalized spacial score (nSPS) is 14.2. The lowest BCUT2D eigenvalue weighted by molar-refractivity contribution is -0.142. The number of aromatic nitrogens is 3. The lowest BCUT2D eigenvalue weighted by Crippen LogP contribution is -2.19. The van der Waals surface area contributed by atoms with Crippen molar-refractivity contribution in [1.82, 2.24) is 14.8 Å². The zero-order valence-electron chi connectivity index (χ0n) is 21.9. The minimum Gasteiger partial charge on any atom is -0.298 e. The van der Waals surface area contributed by atoms with Crippen LogP contribution in [0.2, 0.25) is 0 Å². The van der Waals surface area contributed by atoms with E-state index < -0.39 is 29.4 Å². The SMILES string of the molecule is Cc1cccc(-c2cccnc2[C@@H](CC(=O)Cn2nc(C(F)(F)F)c3c2CCCC3)Cc2cc(F)cc(F)c2)c1. The van der Waals surface area contributed by atoms with E-state index in [4.69, 9.17) is 0 Å². The lowest BCUT2D eigenvalue weighted by atomic mass is 9.86. The van der Waals surface area contributed by atoms with Crippen LogP contribution >= 0.6 is 0 Å². The molecule has 4 aromatic rings. The minimum absolute atomic E-state index is 0.0933. The second-order valence-electron chi connectivity index (χ2n) is 10.4. The first kappa shape index (κ1) is 27.7. The number of nitrogens with zero attached hydrogens (tertiary/aromatic N) is 3. The topological polar surface area (TPSA) is 47.8 Å². The average Bonchev–Trinajstić information content (AvgIpc) is 3.27. The van der Waals surface area contributed by atoms with Crippen molar-refractivity contribution in [2.75, 3.05) is 0 Å². The van der Waals surface area contributed by atoms with Gasteiger partial charge in [-0.3, -0.25) is 14.5 Å². The maximum absolute atomic E-state index is 14.1. The number of benzene rings is 2. The van der Waals surface area contributed by atoms with Crippen molar-refractivity contribution in [2.24, 2.45) is 0 Å². The molecule has 2 heterocycles. The third-order valence-corrected chi connectivity index (χ3v) is 7.28. The van der Waals surface area contributed by atoms with Crippen molar-refractivity contribution in [3.63, 3.8) is 0 Å². The summed E-state index contributed by atoms with van der Waals surface area (Å²) in [6.07, 6.45) is -0.913. The zero-order chi connectivity index (χ0) is 28.4. The van der Waals surface area contributed by atoms with Gasteiger partial charge in [-0.05, 0) is 68.4 Å². The molecule has 0 saturated carbocycles. The molecule has 2 aromatic heterocycles. The molecular weight excluding hydrogens is 525 g/mol. The Kier molecular flexibility index (Phi) is 7.83. The van der Waals surface area contributed by atoms with E-state index in [0.717, 1.165) is 29.2 Å². The van der Waals surface area contributed by atoms with Gasteiger partial charge in [-0.1, -0.05) is 35.9 Å². The van der Waals surface area contributed by atoms with Crippen LogP contribution in [0.4, 0.5) is 22.0 Å². The molecule has 208 valence electrons. The number of hydrogen-bond acceptors (Lipinski definition) is 3. The molecule has 0 spiro atoms.